The van der Waals surface area contributed by atoms with Crippen molar-refractivity contribution in [2.75, 3.05) is 0 Å². The summed E-state index contributed by atoms with van der Waals surface area (Å²) in [6, 6.07) is 3.28. The van der Waals surface area contributed by atoms with Gasteiger partial charge in [0.1, 0.15) is 17.1 Å². The van der Waals surface area contributed by atoms with Crippen LogP contribution in [0.2, 0.25) is 0 Å². The molecule has 10 nitrogen and oxygen atoms in total. The molecular weight excluding hydrogens is 366 g/mol. The Hall–Kier alpha value is -3.74. The van der Waals surface area contributed by atoms with Crippen LogP contribution in [0.4, 0.5) is 22.7 Å². The van der Waals surface area contributed by atoms with Crippen LogP contribution in [0.3, 0.4) is 0 Å². The molecule has 0 unspecified atom stereocenters. The number of phenolic OH excluding ortho intramolecular Hbond substituents is 1. The molecule has 10 heteroatoms. The molecule has 0 saturated heterocycles. The van der Waals surface area contributed by atoms with Crippen LogP contribution in [0.25, 0.3) is 4.85 Å². The first-order chi connectivity index (χ1) is 13.3. The summed E-state index contributed by atoms with van der Waals surface area (Å²) in [4.78, 5) is 26.2. The van der Waals surface area contributed by atoms with E-state index in [9.17, 15) is 25.1 Å². The zero-order chi connectivity index (χ0) is 20.8. The first-order valence-electron chi connectivity index (χ1n) is 8.60. The Morgan fingerprint density at radius 3 is 2.54 bits per heavy atom. The van der Waals surface area contributed by atoms with E-state index >= 15 is 0 Å². The summed E-state index contributed by atoms with van der Waals surface area (Å²) in [7, 11) is 0. The molecule has 146 valence electrons. The van der Waals surface area contributed by atoms with E-state index in [4.69, 9.17) is 6.57 Å². The average Bonchev–Trinajstić information content (AvgIpc) is 2.67. The molecule has 1 aromatic heterocycles. The summed E-state index contributed by atoms with van der Waals surface area (Å²) in [5.41, 5.74) is -0.909. The maximum Gasteiger partial charge on any atom is 0.279 e. The highest BCUT2D eigenvalue weighted by molar-refractivity contribution is 5.68. The first-order valence-corrected chi connectivity index (χ1v) is 8.60. The maximum atomic E-state index is 12.8. The van der Waals surface area contributed by atoms with Crippen molar-refractivity contribution in [3.63, 3.8) is 0 Å². The second-order valence-electron chi connectivity index (χ2n) is 5.91. The molecule has 28 heavy (non-hydrogen) atoms. The van der Waals surface area contributed by atoms with E-state index in [1.54, 1.807) is 6.92 Å². The first kappa shape index (κ1) is 20.6. The quantitative estimate of drug-likeness (QED) is 0.313. The van der Waals surface area contributed by atoms with Crippen LogP contribution >= 0.6 is 0 Å². The lowest BCUT2D eigenvalue weighted by atomic mass is 10.1. The molecule has 2 N–H and O–H groups in total. The van der Waals surface area contributed by atoms with E-state index in [-0.39, 0.29) is 41.3 Å². The number of pyridine rings is 1. The fourth-order valence-electron chi connectivity index (χ4n) is 2.62. The zero-order valence-electron chi connectivity index (χ0n) is 15.4. The van der Waals surface area contributed by atoms with Crippen LogP contribution in [0.1, 0.15) is 32.3 Å². The molecule has 0 spiro atoms. The summed E-state index contributed by atoms with van der Waals surface area (Å²) >= 11 is 0. The lowest BCUT2D eigenvalue weighted by molar-refractivity contribution is -0.384. The number of azo groups is 1. The lowest BCUT2D eigenvalue weighted by Gasteiger charge is -2.14. The van der Waals surface area contributed by atoms with Crippen molar-refractivity contribution >= 4 is 22.7 Å². The third kappa shape index (κ3) is 3.98. The number of phenols is 1. The number of nitro groups is 1. The van der Waals surface area contributed by atoms with Gasteiger partial charge in [-0.05, 0) is 24.5 Å². The molecule has 2 aromatic rings. The van der Waals surface area contributed by atoms with E-state index in [2.05, 4.69) is 15.1 Å². The summed E-state index contributed by atoms with van der Waals surface area (Å²) in [6.45, 7) is 11.2. The van der Waals surface area contributed by atoms with Crippen LogP contribution in [-0.4, -0.2) is 19.7 Å². The topological polar surface area (TPSA) is 135 Å². The van der Waals surface area contributed by atoms with Crippen molar-refractivity contribution in [1.82, 2.24) is 4.57 Å². The molecule has 0 aliphatic carbocycles. The second kappa shape index (κ2) is 8.77. The molecular formula is C18H19N5O5. The van der Waals surface area contributed by atoms with E-state index in [0.29, 0.717) is 6.42 Å². The SMILES string of the molecule is [C-]#[N+]c1c(CC)c(N=Nc2ccc([N+](=O)[O-])cc2O)c(=O)n(CCCC)c1O. The highest BCUT2D eigenvalue weighted by Crippen LogP contribution is 2.37. The molecule has 0 aliphatic heterocycles. The maximum absolute atomic E-state index is 12.8. The number of aromatic hydroxyl groups is 2. The average molecular weight is 385 g/mol. The van der Waals surface area contributed by atoms with Crippen LogP contribution in [-0.2, 0) is 13.0 Å². The number of nitrogens with zero attached hydrogens (tertiary/aromatic N) is 5. The monoisotopic (exact) mass is 385 g/mol. The van der Waals surface area contributed by atoms with Gasteiger partial charge in [-0.3, -0.25) is 19.5 Å². The Morgan fingerprint density at radius 2 is 2.00 bits per heavy atom. The van der Waals surface area contributed by atoms with Crippen molar-refractivity contribution in [3.05, 3.63) is 55.6 Å². The lowest BCUT2D eigenvalue weighted by Crippen LogP contribution is -2.21. The molecule has 0 saturated carbocycles. The van der Waals surface area contributed by atoms with Crippen LogP contribution < -0.4 is 5.56 Å². The molecule has 0 atom stereocenters. The molecule has 2 rings (SSSR count). The van der Waals surface area contributed by atoms with Gasteiger partial charge < -0.3 is 10.2 Å². The van der Waals surface area contributed by atoms with Crippen molar-refractivity contribution < 1.29 is 15.1 Å². The van der Waals surface area contributed by atoms with Gasteiger partial charge in [0.15, 0.2) is 5.88 Å². The van der Waals surface area contributed by atoms with Crippen LogP contribution in [0.15, 0.2) is 33.2 Å². The van der Waals surface area contributed by atoms with Crippen molar-refractivity contribution in [1.29, 1.82) is 0 Å². The van der Waals surface area contributed by atoms with E-state index in [1.165, 1.54) is 6.07 Å². The van der Waals surface area contributed by atoms with Gasteiger partial charge in [0.25, 0.3) is 16.9 Å². The summed E-state index contributed by atoms with van der Waals surface area (Å²) in [5.74, 6) is -0.867. The molecule has 1 heterocycles. The molecule has 0 bridgehead atoms. The molecule has 0 fully saturated rings. The predicted octanol–water partition coefficient (Wildman–Crippen LogP) is 4.50. The van der Waals surface area contributed by atoms with E-state index < -0.39 is 22.1 Å². The zero-order valence-corrected chi connectivity index (χ0v) is 15.4. The van der Waals surface area contributed by atoms with Gasteiger partial charge in [-0.1, -0.05) is 20.3 Å². The summed E-state index contributed by atoms with van der Waals surface area (Å²) in [6.07, 6.45) is 1.66. The van der Waals surface area contributed by atoms with E-state index in [1.807, 2.05) is 6.92 Å². The number of benzene rings is 1. The van der Waals surface area contributed by atoms with E-state index in [0.717, 1.165) is 23.1 Å². The fourth-order valence-corrected chi connectivity index (χ4v) is 2.62. The van der Waals surface area contributed by atoms with Gasteiger partial charge in [-0.25, -0.2) is 4.85 Å². The Labute approximate surface area is 160 Å². The largest absolute Gasteiger partial charge is 0.505 e. The molecule has 0 amide bonds. The van der Waals surface area contributed by atoms with Crippen LogP contribution in [0.5, 0.6) is 11.6 Å². The highest BCUT2D eigenvalue weighted by atomic mass is 16.6. The normalized spacial score (nSPS) is 10.9. The van der Waals surface area contributed by atoms with Gasteiger partial charge in [0.05, 0.1) is 17.6 Å². The minimum atomic E-state index is -0.662. The van der Waals surface area contributed by atoms with Crippen molar-refractivity contribution in [2.45, 2.75) is 39.7 Å². The number of nitro benzene ring substituents is 1. The third-order valence-corrected chi connectivity index (χ3v) is 4.12. The number of hydrogen-bond acceptors (Lipinski definition) is 7. The van der Waals surface area contributed by atoms with Crippen molar-refractivity contribution in [2.24, 2.45) is 10.2 Å². The Balaban J connectivity index is 2.61. The standard InChI is InChI=1S/C18H19N5O5/c1-4-6-9-22-17(25)15(19-3)12(5-2)16(18(22)26)21-20-13-8-7-11(23(27)28)10-14(13)24/h7-8,10,24-25H,4-6,9H2,1-2H3. The molecule has 0 aliphatic rings. The third-order valence-electron chi connectivity index (χ3n) is 4.12. The smallest absolute Gasteiger partial charge is 0.279 e. The molecule has 1 aromatic carbocycles. The number of rotatable bonds is 7. The molecule has 0 radical (unpaired) electrons. The minimum absolute atomic E-state index is 0.0652. The number of hydrogen-bond donors (Lipinski definition) is 2. The number of aromatic nitrogens is 1. The minimum Gasteiger partial charge on any atom is -0.505 e. The number of non-ortho nitro benzene ring substituents is 1. The van der Waals surface area contributed by atoms with Gasteiger partial charge in [0, 0.05) is 12.6 Å². The van der Waals surface area contributed by atoms with Gasteiger partial charge in [-0.15, -0.1) is 10.2 Å². The Bertz CT molecular complexity index is 1040. The number of unbranched alkanes of at least 4 members (excludes halogenated alkanes) is 1. The summed E-state index contributed by atoms with van der Waals surface area (Å²) in [5, 5.41) is 38.7. The Kier molecular flexibility index (Phi) is 6.44. The van der Waals surface area contributed by atoms with Gasteiger partial charge in [-0.2, -0.15) is 0 Å². The van der Waals surface area contributed by atoms with Crippen LogP contribution in [0, 0.1) is 16.7 Å². The fraction of sp³-hybridized carbons (Fsp3) is 0.333. The summed E-state index contributed by atoms with van der Waals surface area (Å²) < 4.78 is 1.08. The van der Waals surface area contributed by atoms with Gasteiger partial charge >= 0.3 is 0 Å². The Morgan fingerprint density at radius 1 is 1.29 bits per heavy atom. The van der Waals surface area contributed by atoms with Crippen molar-refractivity contribution in [3.8, 4) is 11.6 Å². The predicted molar refractivity (Wildman–Crippen MR) is 102 cm³/mol. The van der Waals surface area contributed by atoms with Gasteiger partial charge in [0.2, 0.25) is 0 Å². The highest BCUT2D eigenvalue weighted by Gasteiger charge is 2.21. The second-order valence-corrected chi connectivity index (χ2v) is 5.91.